The maximum absolute atomic E-state index is 5.78. The minimum absolute atomic E-state index is 0.0365. The molecule has 1 aliphatic carbocycles. The van der Waals surface area contributed by atoms with Crippen LogP contribution in [0.5, 0.6) is 0 Å². The third-order valence-electron chi connectivity index (χ3n) is 2.36. The maximum Gasteiger partial charge on any atom is 0.0224 e. The van der Waals surface area contributed by atoms with E-state index in [1.807, 2.05) is 6.08 Å². The van der Waals surface area contributed by atoms with Crippen LogP contribution in [-0.2, 0) is 0 Å². The van der Waals surface area contributed by atoms with Crippen LogP contribution in [0.2, 0.25) is 0 Å². The second kappa shape index (κ2) is 1.16. The molecule has 1 fully saturated rings. The molecule has 0 aromatic carbocycles. The van der Waals surface area contributed by atoms with Gasteiger partial charge in [-0.3, -0.25) is 0 Å². The molecule has 0 saturated heterocycles. The van der Waals surface area contributed by atoms with E-state index in [-0.39, 0.29) is 11.0 Å². The molecule has 8 heavy (non-hydrogen) atoms. The zero-order valence-corrected chi connectivity index (χ0v) is 5.57. The van der Waals surface area contributed by atoms with E-state index in [4.69, 9.17) is 5.73 Å². The minimum atomic E-state index is 0.0365. The topological polar surface area (TPSA) is 26.0 Å². The summed E-state index contributed by atoms with van der Waals surface area (Å²) in [4.78, 5) is 0. The summed E-state index contributed by atoms with van der Waals surface area (Å²) in [5.41, 5.74) is 6.05. The summed E-state index contributed by atoms with van der Waals surface area (Å²) in [6.45, 7) is 7.91. The maximum atomic E-state index is 5.78. The summed E-state index contributed by atoms with van der Waals surface area (Å²) in [7, 11) is 0. The summed E-state index contributed by atoms with van der Waals surface area (Å²) in [6, 6.07) is 0. The SMILES string of the molecule is C=C[C@@]1(C)CC1(C)N. The van der Waals surface area contributed by atoms with Crippen molar-refractivity contribution in [1.29, 1.82) is 0 Å². The first kappa shape index (κ1) is 5.83. The van der Waals surface area contributed by atoms with Gasteiger partial charge in [0.15, 0.2) is 0 Å². The number of hydrogen-bond donors (Lipinski definition) is 1. The molecule has 46 valence electrons. The molecule has 0 spiro atoms. The molecule has 0 aliphatic heterocycles. The first-order chi connectivity index (χ1) is 3.52. The van der Waals surface area contributed by atoms with Crippen LogP contribution < -0.4 is 5.73 Å². The lowest BCUT2D eigenvalue weighted by molar-refractivity contribution is 0.583. The van der Waals surface area contributed by atoms with Crippen LogP contribution in [0.4, 0.5) is 0 Å². The minimum Gasteiger partial charge on any atom is -0.325 e. The molecule has 1 heteroatoms. The fourth-order valence-corrected chi connectivity index (χ4v) is 1.02. The average molecular weight is 111 g/mol. The Kier molecular flexibility index (Phi) is 0.845. The smallest absolute Gasteiger partial charge is 0.0224 e. The van der Waals surface area contributed by atoms with Crippen molar-refractivity contribution in [3.63, 3.8) is 0 Å². The largest absolute Gasteiger partial charge is 0.325 e. The number of hydrogen-bond acceptors (Lipinski definition) is 1. The molecule has 2 N–H and O–H groups in total. The second-order valence-corrected chi connectivity index (χ2v) is 3.22. The van der Waals surface area contributed by atoms with E-state index in [1.54, 1.807) is 0 Å². The van der Waals surface area contributed by atoms with Crippen molar-refractivity contribution < 1.29 is 0 Å². The van der Waals surface area contributed by atoms with Gasteiger partial charge in [0, 0.05) is 11.0 Å². The van der Waals surface area contributed by atoms with Gasteiger partial charge < -0.3 is 5.73 Å². The van der Waals surface area contributed by atoms with Crippen molar-refractivity contribution in [2.45, 2.75) is 25.8 Å². The van der Waals surface area contributed by atoms with Crippen LogP contribution in [0.25, 0.3) is 0 Å². The second-order valence-electron chi connectivity index (χ2n) is 3.22. The van der Waals surface area contributed by atoms with E-state index in [1.165, 1.54) is 0 Å². The molecule has 1 unspecified atom stereocenters. The summed E-state index contributed by atoms with van der Waals surface area (Å²) >= 11 is 0. The zero-order valence-electron chi connectivity index (χ0n) is 5.57. The Labute approximate surface area is 50.6 Å². The molecule has 2 atom stereocenters. The zero-order chi connectivity index (χ0) is 6.41. The molecule has 1 aliphatic rings. The van der Waals surface area contributed by atoms with Crippen LogP contribution in [-0.4, -0.2) is 5.54 Å². The predicted octanol–water partition coefficient (Wildman–Crippen LogP) is 1.30. The Hall–Kier alpha value is -0.300. The van der Waals surface area contributed by atoms with E-state index in [2.05, 4.69) is 20.4 Å². The third-order valence-corrected chi connectivity index (χ3v) is 2.36. The van der Waals surface area contributed by atoms with Crippen molar-refractivity contribution >= 4 is 0 Å². The summed E-state index contributed by atoms with van der Waals surface area (Å²) < 4.78 is 0. The van der Waals surface area contributed by atoms with Crippen molar-refractivity contribution in [3.05, 3.63) is 12.7 Å². The molecule has 0 heterocycles. The fraction of sp³-hybridized carbons (Fsp3) is 0.714. The average Bonchev–Trinajstić information content (AvgIpc) is 2.10. The van der Waals surface area contributed by atoms with Crippen molar-refractivity contribution in [1.82, 2.24) is 0 Å². The fourth-order valence-electron chi connectivity index (χ4n) is 1.02. The van der Waals surface area contributed by atoms with Gasteiger partial charge in [0.1, 0.15) is 0 Å². The lowest BCUT2D eigenvalue weighted by Gasteiger charge is -2.06. The van der Waals surface area contributed by atoms with E-state index in [0.29, 0.717) is 0 Å². The Balaban J connectivity index is 2.68. The molecule has 1 rings (SSSR count). The molecule has 0 bridgehead atoms. The quantitative estimate of drug-likeness (QED) is 0.507. The van der Waals surface area contributed by atoms with Gasteiger partial charge in [-0.1, -0.05) is 13.0 Å². The van der Waals surface area contributed by atoms with Crippen LogP contribution in [0.3, 0.4) is 0 Å². The normalized spacial score (nSPS) is 53.4. The van der Waals surface area contributed by atoms with E-state index >= 15 is 0 Å². The standard InChI is InChI=1S/C7H13N/c1-4-6(2)5-7(6,3)8/h4H,1,5,8H2,2-3H3/t6-,7?/m0/s1. The number of rotatable bonds is 1. The van der Waals surface area contributed by atoms with E-state index in [9.17, 15) is 0 Å². The lowest BCUT2D eigenvalue weighted by atomic mass is 10.1. The number of nitrogens with two attached hydrogens (primary N) is 1. The highest BCUT2D eigenvalue weighted by molar-refractivity contribution is 5.22. The highest BCUT2D eigenvalue weighted by Gasteiger charge is 2.55. The molecule has 0 radical (unpaired) electrons. The van der Waals surface area contributed by atoms with Crippen molar-refractivity contribution in [2.24, 2.45) is 11.1 Å². The Morgan fingerprint density at radius 1 is 1.62 bits per heavy atom. The highest BCUT2D eigenvalue weighted by Crippen LogP contribution is 2.54. The van der Waals surface area contributed by atoms with E-state index < -0.39 is 0 Å². The van der Waals surface area contributed by atoms with Crippen molar-refractivity contribution in [2.75, 3.05) is 0 Å². The van der Waals surface area contributed by atoms with Gasteiger partial charge in [0.25, 0.3) is 0 Å². The van der Waals surface area contributed by atoms with Gasteiger partial charge in [-0.2, -0.15) is 0 Å². The predicted molar refractivity (Wildman–Crippen MR) is 35.5 cm³/mol. The molecular weight excluding hydrogens is 98.1 g/mol. The van der Waals surface area contributed by atoms with Crippen LogP contribution >= 0.6 is 0 Å². The Morgan fingerprint density at radius 2 is 2.00 bits per heavy atom. The molecule has 1 nitrogen and oxygen atoms in total. The molecule has 0 aromatic heterocycles. The van der Waals surface area contributed by atoms with Crippen LogP contribution in [0.15, 0.2) is 12.7 Å². The summed E-state index contributed by atoms with van der Waals surface area (Å²) in [6.07, 6.45) is 3.04. The third kappa shape index (κ3) is 0.511. The molecule has 0 aromatic rings. The molecule has 1 saturated carbocycles. The summed E-state index contributed by atoms with van der Waals surface area (Å²) in [5, 5.41) is 0. The first-order valence-corrected chi connectivity index (χ1v) is 2.94. The van der Waals surface area contributed by atoms with E-state index in [0.717, 1.165) is 6.42 Å². The first-order valence-electron chi connectivity index (χ1n) is 2.94. The Morgan fingerprint density at radius 3 is 2.00 bits per heavy atom. The molecule has 0 amide bonds. The highest BCUT2D eigenvalue weighted by atomic mass is 14.9. The summed E-state index contributed by atoms with van der Waals surface area (Å²) in [5.74, 6) is 0. The van der Waals surface area contributed by atoms with Gasteiger partial charge >= 0.3 is 0 Å². The van der Waals surface area contributed by atoms with Gasteiger partial charge in [-0.25, -0.2) is 0 Å². The lowest BCUT2D eigenvalue weighted by Crippen LogP contribution is -2.23. The van der Waals surface area contributed by atoms with Crippen molar-refractivity contribution in [3.8, 4) is 0 Å². The Bertz CT molecular complexity index is 126. The van der Waals surface area contributed by atoms with Crippen LogP contribution in [0, 0.1) is 5.41 Å². The van der Waals surface area contributed by atoms with Gasteiger partial charge in [0.2, 0.25) is 0 Å². The van der Waals surface area contributed by atoms with Crippen LogP contribution in [0.1, 0.15) is 20.3 Å². The van der Waals surface area contributed by atoms with Gasteiger partial charge in [-0.15, -0.1) is 6.58 Å². The monoisotopic (exact) mass is 111 g/mol. The van der Waals surface area contributed by atoms with Gasteiger partial charge in [0.05, 0.1) is 0 Å². The molecular formula is C7H13N. The van der Waals surface area contributed by atoms with Gasteiger partial charge in [-0.05, 0) is 13.3 Å².